The average molecular weight is 530 g/mol. The number of carboxylic acid groups (broad SMARTS) is 1. The zero-order chi connectivity index (χ0) is 27.1. The molecular weight excluding hydrogens is 496 g/mol. The van der Waals surface area contributed by atoms with E-state index in [1.807, 2.05) is 26.0 Å². The first-order chi connectivity index (χ1) is 18.2. The summed E-state index contributed by atoms with van der Waals surface area (Å²) in [5, 5.41) is 13.8. The average Bonchev–Trinajstić information content (AvgIpc) is 3.53. The first-order valence-electron chi connectivity index (χ1n) is 13.1. The third-order valence-corrected chi connectivity index (χ3v) is 8.02. The van der Waals surface area contributed by atoms with Crippen LogP contribution in [-0.4, -0.2) is 49.7 Å². The number of hydrogen-bond donors (Lipinski definition) is 1. The van der Waals surface area contributed by atoms with Crippen LogP contribution in [-0.2, 0) is 22.5 Å². The highest BCUT2D eigenvalue weighted by Gasteiger charge is 2.35. The first-order valence-corrected chi connectivity index (χ1v) is 13.1. The van der Waals surface area contributed by atoms with Crippen LogP contribution in [0.15, 0.2) is 24.5 Å². The van der Waals surface area contributed by atoms with E-state index in [1.54, 1.807) is 4.90 Å². The van der Waals surface area contributed by atoms with Gasteiger partial charge in [0, 0.05) is 29.8 Å². The van der Waals surface area contributed by atoms with Gasteiger partial charge in [0.1, 0.15) is 5.82 Å². The number of carbonyl (C=O) groups is 2. The number of carbonyl (C=O) groups excluding carboxylic acids is 1. The van der Waals surface area contributed by atoms with Gasteiger partial charge in [-0.1, -0.05) is 13.3 Å². The van der Waals surface area contributed by atoms with Gasteiger partial charge < -0.3 is 14.4 Å². The standard InChI is InChI=1S/C27H33F2N5O4/c1-15(13-32-14-18(12-30-32)24(28)29)25-31-23-20-8-7-16(2)33(27(37)38-3)21(20)9-10-22(23)34(25)19-6-4-5-17(11-19)26(35)36/h9-10,12,14-17,19,24H,4-8,11,13H2,1-3H3,(H,35,36)/t15?,16?,17-,19-/m1/s1. The summed E-state index contributed by atoms with van der Waals surface area (Å²) in [6, 6.07) is 3.81. The molecule has 11 heteroatoms. The van der Waals surface area contributed by atoms with Crippen molar-refractivity contribution in [3.8, 4) is 0 Å². The van der Waals surface area contributed by atoms with Crippen LogP contribution < -0.4 is 4.90 Å². The van der Waals surface area contributed by atoms with E-state index in [0.717, 1.165) is 53.8 Å². The highest BCUT2D eigenvalue weighted by molar-refractivity contribution is 5.95. The topological polar surface area (TPSA) is 102 Å². The molecular formula is C27H33F2N5O4. The molecule has 2 unspecified atom stereocenters. The SMILES string of the molecule is COC(=O)N1c2ccc3c(nc(C(C)Cn4cc(C(F)F)cn4)n3[C@@H]3CCC[C@@H](C(=O)O)C3)c2CCC1C. The fraction of sp³-hybridized carbons (Fsp3) is 0.556. The van der Waals surface area contributed by atoms with E-state index in [-0.39, 0.29) is 23.6 Å². The van der Waals surface area contributed by atoms with Crippen molar-refractivity contribution in [2.24, 2.45) is 5.92 Å². The molecule has 4 atom stereocenters. The van der Waals surface area contributed by atoms with E-state index >= 15 is 0 Å². The van der Waals surface area contributed by atoms with Crippen molar-refractivity contribution in [2.45, 2.75) is 83.3 Å². The molecule has 2 aromatic heterocycles. The fourth-order valence-electron chi connectivity index (χ4n) is 6.10. The molecule has 0 saturated heterocycles. The Morgan fingerprint density at radius 1 is 1.24 bits per heavy atom. The van der Waals surface area contributed by atoms with Gasteiger partial charge >= 0.3 is 12.1 Å². The molecule has 1 fully saturated rings. The van der Waals surface area contributed by atoms with Gasteiger partial charge in [0.05, 0.1) is 48.1 Å². The number of imidazole rings is 1. The number of aromatic nitrogens is 4. The number of nitrogens with zero attached hydrogens (tertiary/aromatic N) is 5. The Morgan fingerprint density at radius 2 is 2.03 bits per heavy atom. The van der Waals surface area contributed by atoms with Crippen molar-refractivity contribution in [1.82, 2.24) is 19.3 Å². The smallest absolute Gasteiger partial charge is 0.414 e. The minimum absolute atomic E-state index is 0.0219. The Balaban J connectivity index is 1.61. The lowest BCUT2D eigenvalue weighted by Crippen LogP contribution is -2.42. The molecule has 0 radical (unpaired) electrons. The summed E-state index contributed by atoms with van der Waals surface area (Å²) in [4.78, 5) is 31.2. The third kappa shape index (κ3) is 4.63. The molecule has 1 aliphatic heterocycles. The molecule has 9 nitrogen and oxygen atoms in total. The monoisotopic (exact) mass is 529 g/mol. The number of rotatable bonds is 6. The van der Waals surface area contributed by atoms with Crippen molar-refractivity contribution in [3.05, 3.63) is 41.5 Å². The molecule has 3 aromatic rings. The second-order valence-electron chi connectivity index (χ2n) is 10.6. The number of carboxylic acids is 1. The van der Waals surface area contributed by atoms with Crippen molar-refractivity contribution in [3.63, 3.8) is 0 Å². The van der Waals surface area contributed by atoms with E-state index in [4.69, 9.17) is 9.72 Å². The number of aryl methyl sites for hydroxylation is 1. The number of ether oxygens (including phenoxy) is 1. The van der Waals surface area contributed by atoms with Crippen molar-refractivity contribution in [2.75, 3.05) is 12.0 Å². The number of amides is 1. The summed E-state index contributed by atoms with van der Waals surface area (Å²) in [5.74, 6) is -0.637. The van der Waals surface area contributed by atoms with E-state index in [0.29, 0.717) is 19.4 Å². The number of fused-ring (bicyclic) bond motifs is 3. The second-order valence-corrected chi connectivity index (χ2v) is 10.6. The fourth-order valence-corrected chi connectivity index (χ4v) is 6.10. The molecule has 1 aromatic carbocycles. The van der Waals surface area contributed by atoms with Crippen LogP contribution in [0, 0.1) is 5.92 Å². The maximum absolute atomic E-state index is 13.1. The largest absolute Gasteiger partial charge is 0.481 e. The lowest BCUT2D eigenvalue weighted by atomic mass is 9.85. The molecule has 0 bridgehead atoms. The molecule has 0 spiro atoms. The van der Waals surface area contributed by atoms with Gasteiger partial charge in [0.2, 0.25) is 0 Å². The molecule has 1 saturated carbocycles. The molecule has 204 valence electrons. The Morgan fingerprint density at radius 3 is 2.71 bits per heavy atom. The van der Waals surface area contributed by atoms with E-state index in [1.165, 1.54) is 24.2 Å². The van der Waals surface area contributed by atoms with Crippen LogP contribution in [0.5, 0.6) is 0 Å². The van der Waals surface area contributed by atoms with Crippen molar-refractivity contribution in [1.29, 1.82) is 0 Å². The minimum Gasteiger partial charge on any atom is -0.481 e. The maximum atomic E-state index is 13.1. The molecule has 1 amide bonds. The summed E-state index contributed by atoms with van der Waals surface area (Å²) in [6.45, 7) is 4.31. The summed E-state index contributed by atoms with van der Waals surface area (Å²) in [7, 11) is 1.37. The lowest BCUT2D eigenvalue weighted by Gasteiger charge is -2.34. The van der Waals surface area contributed by atoms with E-state index in [9.17, 15) is 23.5 Å². The normalized spacial score (nSPS) is 22.5. The Kier molecular flexibility index (Phi) is 7.11. The van der Waals surface area contributed by atoms with Crippen LogP contribution in [0.3, 0.4) is 0 Å². The first kappa shape index (κ1) is 26.1. The van der Waals surface area contributed by atoms with Gasteiger partial charge in [-0.25, -0.2) is 18.6 Å². The molecule has 1 aliphatic carbocycles. The predicted octanol–water partition coefficient (Wildman–Crippen LogP) is 5.70. The van der Waals surface area contributed by atoms with Gasteiger partial charge in [-0.2, -0.15) is 5.10 Å². The number of aliphatic carboxylic acids is 1. The Bertz CT molecular complexity index is 1350. The maximum Gasteiger partial charge on any atom is 0.414 e. The summed E-state index contributed by atoms with van der Waals surface area (Å²) in [5.41, 5.74) is 3.29. The van der Waals surface area contributed by atoms with Crippen molar-refractivity contribution < 1.29 is 28.2 Å². The van der Waals surface area contributed by atoms with Gasteiger partial charge in [-0.3, -0.25) is 14.4 Å². The van der Waals surface area contributed by atoms with Crippen LogP contribution in [0.4, 0.5) is 19.3 Å². The molecule has 2 aliphatic rings. The van der Waals surface area contributed by atoms with E-state index < -0.39 is 24.4 Å². The molecule has 5 rings (SSSR count). The Hall–Kier alpha value is -3.50. The van der Waals surface area contributed by atoms with Crippen LogP contribution in [0.1, 0.15) is 81.3 Å². The van der Waals surface area contributed by atoms with Gasteiger partial charge in [0.15, 0.2) is 0 Å². The highest BCUT2D eigenvalue weighted by atomic mass is 19.3. The number of methoxy groups -OCH3 is 1. The highest BCUT2D eigenvalue weighted by Crippen LogP contribution is 2.42. The zero-order valence-corrected chi connectivity index (χ0v) is 21.8. The summed E-state index contributed by atoms with van der Waals surface area (Å²) < 4.78 is 35.0. The third-order valence-electron chi connectivity index (χ3n) is 8.02. The number of alkyl halides is 2. The zero-order valence-electron chi connectivity index (χ0n) is 21.8. The summed E-state index contributed by atoms with van der Waals surface area (Å²) >= 11 is 0. The van der Waals surface area contributed by atoms with Crippen LogP contribution in [0.2, 0.25) is 0 Å². The number of benzene rings is 1. The van der Waals surface area contributed by atoms with Gasteiger partial charge in [-0.15, -0.1) is 0 Å². The lowest BCUT2D eigenvalue weighted by molar-refractivity contribution is -0.143. The van der Waals surface area contributed by atoms with Crippen LogP contribution in [0.25, 0.3) is 11.0 Å². The molecule has 38 heavy (non-hydrogen) atoms. The minimum atomic E-state index is -2.59. The number of hydrogen-bond acceptors (Lipinski definition) is 5. The quantitative estimate of drug-likeness (QED) is 0.440. The number of halogens is 2. The van der Waals surface area contributed by atoms with Gasteiger partial charge in [-0.05, 0) is 51.2 Å². The second kappa shape index (κ2) is 10.3. The summed E-state index contributed by atoms with van der Waals surface area (Å²) in [6.07, 6.45) is 3.79. The predicted molar refractivity (Wildman–Crippen MR) is 137 cm³/mol. The van der Waals surface area contributed by atoms with Gasteiger partial charge in [0.25, 0.3) is 6.43 Å². The molecule has 1 N–H and O–H groups in total. The Labute approximate surface area is 219 Å². The number of anilines is 1. The molecule has 3 heterocycles. The van der Waals surface area contributed by atoms with E-state index in [2.05, 4.69) is 9.67 Å². The van der Waals surface area contributed by atoms with Crippen molar-refractivity contribution >= 4 is 28.8 Å². The van der Waals surface area contributed by atoms with Crippen LogP contribution >= 0.6 is 0 Å².